The molecule has 116 valence electrons. The molecular formula is C13H17NO6S. The number of nitrogens with zero attached hydrogens (tertiary/aromatic N) is 1. The Kier molecular flexibility index (Phi) is 4.50. The van der Waals surface area contributed by atoms with Crippen LogP contribution in [0.4, 0.5) is 0 Å². The van der Waals surface area contributed by atoms with Gasteiger partial charge in [0.1, 0.15) is 5.75 Å². The van der Waals surface area contributed by atoms with Gasteiger partial charge < -0.3 is 14.9 Å². The first-order valence-electron chi connectivity index (χ1n) is 6.41. The van der Waals surface area contributed by atoms with Crippen LogP contribution in [0.2, 0.25) is 0 Å². The van der Waals surface area contributed by atoms with Gasteiger partial charge in [-0.25, -0.2) is 8.42 Å². The van der Waals surface area contributed by atoms with E-state index in [1.54, 1.807) is 12.1 Å². The molecule has 1 fully saturated rings. The Morgan fingerprint density at radius 2 is 2.14 bits per heavy atom. The molecule has 1 heterocycles. The first kappa shape index (κ1) is 15.7. The van der Waals surface area contributed by atoms with Crippen molar-refractivity contribution in [2.75, 3.05) is 20.2 Å². The minimum absolute atomic E-state index is 0.0439. The van der Waals surface area contributed by atoms with E-state index < -0.39 is 28.0 Å². The van der Waals surface area contributed by atoms with E-state index >= 15 is 0 Å². The van der Waals surface area contributed by atoms with Gasteiger partial charge in [-0.1, -0.05) is 6.07 Å². The maximum atomic E-state index is 12.5. The molecule has 21 heavy (non-hydrogen) atoms. The number of aliphatic carboxylic acids is 1. The fourth-order valence-electron chi connectivity index (χ4n) is 2.28. The summed E-state index contributed by atoms with van der Waals surface area (Å²) in [5, 5.41) is 18.7. The highest BCUT2D eigenvalue weighted by Crippen LogP contribution is 2.26. The molecule has 0 spiro atoms. The number of aliphatic hydroxyl groups is 1. The van der Waals surface area contributed by atoms with Crippen molar-refractivity contribution in [3.63, 3.8) is 0 Å². The number of hydrogen-bond acceptors (Lipinski definition) is 5. The molecule has 2 atom stereocenters. The number of piperidine rings is 1. The quantitative estimate of drug-likeness (QED) is 0.820. The maximum absolute atomic E-state index is 12.5. The van der Waals surface area contributed by atoms with Crippen LogP contribution in [-0.4, -0.2) is 55.2 Å². The van der Waals surface area contributed by atoms with E-state index in [2.05, 4.69) is 0 Å². The summed E-state index contributed by atoms with van der Waals surface area (Å²) in [6.07, 6.45) is -0.931. The summed E-state index contributed by atoms with van der Waals surface area (Å²) in [6, 6.07) is 5.99. The van der Waals surface area contributed by atoms with Gasteiger partial charge in [-0.15, -0.1) is 0 Å². The van der Waals surface area contributed by atoms with Crippen molar-refractivity contribution < 1.29 is 28.2 Å². The third kappa shape index (κ3) is 3.17. The first-order chi connectivity index (χ1) is 9.86. The first-order valence-corrected chi connectivity index (χ1v) is 7.85. The highest BCUT2D eigenvalue weighted by atomic mass is 32.2. The van der Waals surface area contributed by atoms with Crippen LogP contribution in [0.3, 0.4) is 0 Å². The lowest BCUT2D eigenvalue weighted by molar-refractivity contribution is -0.147. The van der Waals surface area contributed by atoms with Crippen molar-refractivity contribution in [3.8, 4) is 5.75 Å². The molecule has 0 saturated carbocycles. The molecule has 1 aromatic rings. The third-order valence-corrected chi connectivity index (χ3v) is 5.40. The molecule has 0 unspecified atom stereocenters. The van der Waals surface area contributed by atoms with E-state index in [1.165, 1.54) is 19.2 Å². The lowest BCUT2D eigenvalue weighted by Gasteiger charge is -2.33. The van der Waals surface area contributed by atoms with E-state index in [1.807, 2.05) is 0 Å². The van der Waals surface area contributed by atoms with Crippen LogP contribution in [0.25, 0.3) is 0 Å². The van der Waals surface area contributed by atoms with E-state index in [0.717, 1.165) is 4.31 Å². The van der Waals surface area contributed by atoms with E-state index in [9.17, 15) is 18.3 Å². The number of carboxylic acids is 1. The number of ether oxygens (including phenoxy) is 1. The van der Waals surface area contributed by atoms with Gasteiger partial charge in [0, 0.05) is 19.2 Å². The van der Waals surface area contributed by atoms with Crippen LogP contribution in [-0.2, 0) is 14.8 Å². The van der Waals surface area contributed by atoms with Crippen molar-refractivity contribution in [1.82, 2.24) is 4.31 Å². The van der Waals surface area contributed by atoms with Gasteiger partial charge in [-0.05, 0) is 18.6 Å². The Balaban J connectivity index is 2.29. The Morgan fingerprint density at radius 3 is 2.76 bits per heavy atom. The van der Waals surface area contributed by atoms with Crippen LogP contribution in [0.15, 0.2) is 29.2 Å². The van der Waals surface area contributed by atoms with E-state index in [0.29, 0.717) is 5.75 Å². The topological polar surface area (TPSA) is 104 Å². The van der Waals surface area contributed by atoms with Gasteiger partial charge in [0.15, 0.2) is 0 Å². The summed E-state index contributed by atoms with van der Waals surface area (Å²) in [5.74, 6) is -1.91. The van der Waals surface area contributed by atoms with Crippen molar-refractivity contribution in [2.45, 2.75) is 17.4 Å². The van der Waals surface area contributed by atoms with Crippen LogP contribution in [0.1, 0.15) is 6.42 Å². The Labute approximate surface area is 122 Å². The van der Waals surface area contributed by atoms with Gasteiger partial charge in [-0.2, -0.15) is 4.31 Å². The molecule has 0 aromatic heterocycles. The van der Waals surface area contributed by atoms with Gasteiger partial charge in [0.2, 0.25) is 10.0 Å². The minimum Gasteiger partial charge on any atom is -0.497 e. The SMILES string of the molecule is COc1cccc(S(=O)(=O)N2CC[C@H](O)[C@@H](C(=O)O)C2)c1. The van der Waals surface area contributed by atoms with Crippen LogP contribution >= 0.6 is 0 Å². The second-order valence-corrected chi connectivity index (χ2v) is 6.78. The highest BCUT2D eigenvalue weighted by molar-refractivity contribution is 7.89. The van der Waals surface area contributed by atoms with Gasteiger partial charge in [0.25, 0.3) is 0 Å². The molecule has 1 aliphatic rings. The van der Waals surface area contributed by atoms with Crippen molar-refractivity contribution >= 4 is 16.0 Å². The highest BCUT2D eigenvalue weighted by Gasteiger charge is 2.38. The molecule has 7 nitrogen and oxygen atoms in total. The molecule has 1 aliphatic heterocycles. The standard InChI is InChI=1S/C13H17NO6S/c1-20-9-3-2-4-10(7-9)21(18,19)14-6-5-12(15)11(8-14)13(16)17/h2-4,7,11-12,15H,5-6,8H2,1H3,(H,16,17)/t11-,12-/m0/s1. The molecule has 2 rings (SSSR count). The average Bonchev–Trinajstić information content (AvgIpc) is 2.47. The predicted octanol–water partition coefficient (Wildman–Crippen LogP) is 0.151. The largest absolute Gasteiger partial charge is 0.497 e. The summed E-state index contributed by atoms with van der Waals surface area (Å²) in [6.45, 7) is -0.152. The smallest absolute Gasteiger partial charge is 0.310 e. The molecule has 0 bridgehead atoms. The van der Waals surface area contributed by atoms with Crippen molar-refractivity contribution in [2.24, 2.45) is 5.92 Å². The molecule has 2 N–H and O–H groups in total. The number of hydrogen-bond donors (Lipinski definition) is 2. The zero-order valence-corrected chi connectivity index (χ0v) is 12.3. The second kappa shape index (κ2) is 6.00. The number of carboxylic acid groups (broad SMARTS) is 1. The Hall–Kier alpha value is -1.64. The third-order valence-electron chi connectivity index (χ3n) is 3.54. The molecule has 8 heteroatoms. The van der Waals surface area contributed by atoms with Crippen molar-refractivity contribution in [3.05, 3.63) is 24.3 Å². The summed E-state index contributed by atoms with van der Waals surface area (Å²) in [7, 11) is -2.37. The van der Waals surface area contributed by atoms with Crippen LogP contribution in [0, 0.1) is 5.92 Å². The normalized spacial score (nSPS) is 23.7. The number of aliphatic hydroxyl groups excluding tert-OH is 1. The van der Waals surface area contributed by atoms with E-state index in [4.69, 9.17) is 9.84 Å². The summed E-state index contributed by atoms with van der Waals surface area (Å²) < 4.78 is 31.1. The molecule has 1 saturated heterocycles. The van der Waals surface area contributed by atoms with Gasteiger partial charge >= 0.3 is 5.97 Å². The van der Waals surface area contributed by atoms with Crippen LogP contribution in [0.5, 0.6) is 5.75 Å². The van der Waals surface area contributed by atoms with Gasteiger partial charge in [0.05, 0.1) is 24.0 Å². The maximum Gasteiger partial charge on any atom is 0.310 e. The Morgan fingerprint density at radius 1 is 1.43 bits per heavy atom. The number of sulfonamides is 1. The average molecular weight is 315 g/mol. The molecule has 0 radical (unpaired) electrons. The number of carbonyl (C=O) groups is 1. The minimum atomic E-state index is -3.81. The summed E-state index contributed by atoms with van der Waals surface area (Å²) in [5.41, 5.74) is 0. The predicted molar refractivity (Wildman–Crippen MR) is 73.5 cm³/mol. The molecule has 0 aliphatic carbocycles. The number of methoxy groups -OCH3 is 1. The lowest BCUT2D eigenvalue weighted by Crippen LogP contribution is -2.48. The van der Waals surface area contributed by atoms with Crippen molar-refractivity contribution in [1.29, 1.82) is 0 Å². The summed E-state index contributed by atoms with van der Waals surface area (Å²) >= 11 is 0. The molecular weight excluding hydrogens is 298 g/mol. The zero-order valence-electron chi connectivity index (χ0n) is 11.5. The molecule has 1 aromatic carbocycles. The van der Waals surface area contributed by atoms with Crippen LogP contribution < -0.4 is 4.74 Å². The fourth-order valence-corrected chi connectivity index (χ4v) is 3.80. The number of rotatable bonds is 4. The number of benzene rings is 1. The second-order valence-electron chi connectivity index (χ2n) is 4.84. The monoisotopic (exact) mass is 315 g/mol. The fraction of sp³-hybridized carbons (Fsp3) is 0.462. The van der Waals surface area contributed by atoms with Gasteiger partial charge in [-0.3, -0.25) is 4.79 Å². The summed E-state index contributed by atoms with van der Waals surface area (Å²) in [4.78, 5) is 11.1. The zero-order chi connectivity index (χ0) is 15.6. The lowest BCUT2D eigenvalue weighted by atomic mass is 9.96. The van der Waals surface area contributed by atoms with E-state index in [-0.39, 0.29) is 24.4 Å². The Bertz CT molecular complexity index is 629. The molecule has 0 amide bonds.